The highest BCUT2D eigenvalue weighted by molar-refractivity contribution is 7.11. The molecule has 0 unspecified atom stereocenters. The van der Waals surface area contributed by atoms with Gasteiger partial charge in [0.15, 0.2) is 0 Å². The van der Waals surface area contributed by atoms with Crippen molar-refractivity contribution in [1.29, 1.82) is 5.26 Å². The van der Waals surface area contributed by atoms with Gasteiger partial charge in [0.1, 0.15) is 22.7 Å². The Labute approximate surface area is 136 Å². The lowest BCUT2D eigenvalue weighted by atomic mass is 10.1. The first-order valence-corrected chi connectivity index (χ1v) is 7.64. The lowest BCUT2D eigenvalue weighted by Gasteiger charge is -2.00. The van der Waals surface area contributed by atoms with Crippen LogP contribution in [0.15, 0.2) is 53.9 Å². The van der Waals surface area contributed by atoms with Gasteiger partial charge in [-0.3, -0.25) is 0 Å². The van der Waals surface area contributed by atoms with E-state index in [9.17, 15) is 14.0 Å². The summed E-state index contributed by atoms with van der Waals surface area (Å²) >= 11 is 1.26. The second-order valence-electron chi connectivity index (χ2n) is 4.71. The van der Waals surface area contributed by atoms with E-state index in [1.54, 1.807) is 0 Å². The van der Waals surface area contributed by atoms with Crippen molar-refractivity contribution in [2.24, 2.45) is 0 Å². The summed E-state index contributed by atoms with van der Waals surface area (Å²) in [6.07, 6.45) is 1.19. The van der Waals surface area contributed by atoms with Gasteiger partial charge in [0.05, 0.1) is 11.3 Å². The molecular formula is C18H10F2N2S. The maximum Gasteiger partial charge on any atom is 0.134 e. The number of nitriles is 1. The van der Waals surface area contributed by atoms with Crippen molar-refractivity contribution in [2.75, 3.05) is 0 Å². The maximum atomic E-state index is 13.7. The van der Waals surface area contributed by atoms with Crippen LogP contribution < -0.4 is 0 Å². The molecule has 0 aliphatic carbocycles. The van der Waals surface area contributed by atoms with Crippen LogP contribution in [0.4, 0.5) is 8.78 Å². The SMILES string of the molecule is N#C/C(=C\c1c(F)cccc1F)c1nc(-c2ccccc2)cs1. The smallest absolute Gasteiger partial charge is 0.134 e. The lowest BCUT2D eigenvalue weighted by Crippen LogP contribution is -1.89. The van der Waals surface area contributed by atoms with E-state index in [-0.39, 0.29) is 11.1 Å². The molecule has 2 aromatic carbocycles. The van der Waals surface area contributed by atoms with Crippen LogP contribution in [-0.2, 0) is 0 Å². The number of aromatic nitrogens is 1. The number of hydrogen-bond acceptors (Lipinski definition) is 3. The molecule has 0 saturated heterocycles. The van der Waals surface area contributed by atoms with Crippen LogP contribution in [0.1, 0.15) is 10.6 Å². The van der Waals surface area contributed by atoms with Crippen molar-refractivity contribution in [3.8, 4) is 17.3 Å². The molecule has 0 N–H and O–H groups in total. The number of nitrogens with zero attached hydrogens (tertiary/aromatic N) is 2. The fourth-order valence-corrected chi connectivity index (χ4v) is 2.87. The zero-order valence-corrected chi connectivity index (χ0v) is 12.6. The molecule has 0 atom stereocenters. The van der Waals surface area contributed by atoms with E-state index < -0.39 is 11.6 Å². The highest BCUT2D eigenvalue weighted by Gasteiger charge is 2.12. The highest BCUT2D eigenvalue weighted by atomic mass is 32.1. The van der Waals surface area contributed by atoms with Crippen LogP contribution in [-0.4, -0.2) is 4.98 Å². The Morgan fingerprint density at radius 1 is 1.04 bits per heavy atom. The van der Waals surface area contributed by atoms with Gasteiger partial charge in [-0.25, -0.2) is 13.8 Å². The molecule has 0 aliphatic rings. The van der Waals surface area contributed by atoms with Crippen molar-refractivity contribution in [3.63, 3.8) is 0 Å². The number of benzene rings is 2. The summed E-state index contributed by atoms with van der Waals surface area (Å²) in [7, 11) is 0. The van der Waals surface area contributed by atoms with Crippen molar-refractivity contribution >= 4 is 23.0 Å². The van der Waals surface area contributed by atoms with Crippen molar-refractivity contribution < 1.29 is 8.78 Å². The third-order valence-electron chi connectivity index (χ3n) is 3.21. The zero-order valence-electron chi connectivity index (χ0n) is 11.8. The number of halogens is 2. The molecule has 0 fully saturated rings. The Balaban J connectivity index is 2.01. The molecule has 112 valence electrons. The normalized spacial score (nSPS) is 11.3. The standard InChI is InChI=1S/C18H10F2N2S/c19-15-7-4-8-16(20)14(15)9-13(10-21)18-22-17(11-23-18)12-5-2-1-3-6-12/h1-9,11H/b13-9+. The molecule has 0 spiro atoms. The summed E-state index contributed by atoms with van der Waals surface area (Å²) < 4.78 is 27.4. The number of thiazole rings is 1. The van der Waals surface area contributed by atoms with E-state index in [1.807, 2.05) is 41.8 Å². The monoisotopic (exact) mass is 324 g/mol. The minimum absolute atomic E-state index is 0.126. The molecule has 0 bridgehead atoms. The van der Waals surface area contributed by atoms with Crippen LogP contribution in [0.5, 0.6) is 0 Å². The summed E-state index contributed by atoms with van der Waals surface area (Å²) in [5.74, 6) is -1.42. The fourth-order valence-electron chi connectivity index (χ4n) is 2.07. The first kappa shape index (κ1) is 15.1. The predicted molar refractivity (Wildman–Crippen MR) is 87.4 cm³/mol. The fraction of sp³-hybridized carbons (Fsp3) is 0. The molecule has 1 heterocycles. The molecule has 0 saturated carbocycles. The van der Waals surface area contributed by atoms with Crippen LogP contribution in [0.2, 0.25) is 0 Å². The van der Waals surface area contributed by atoms with Gasteiger partial charge in [-0.05, 0) is 18.2 Å². The van der Waals surface area contributed by atoms with Crippen LogP contribution in [0, 0.1) is 23.0 Å². The molecular weight excluding hydrogens is 314 g/mol. The van der Waals surface area contributed by atoms with Gasteiger partial charge in [0, 0.05) is 16.5 Å². The van der Waals surface area contributed by atoms with E-state index in [2.05, 4.69) is 4.98 Å². The Morgan fingerprint density at radius 2 is 1.74 bits per heavy atom. The number of rotatable bonds is 3. The molecule has 3 aromatic rings. The van der Waals surface area contributed by atoms with Gasteiger partial charge in [-0.2, -0.15) is 5.26 Å². The van der Waals surface area contributed by atoms with Gasteiger partial charge in [0.25, 0.3) is 0 Å². The van der Waals surface area contributed by atoms with E-state index >= 15 is 0 Å². The molecule has 3 rings (SSSR count). The van der Waals surface area contributed by atoms with Crippen molar-refractivity contribution in [3.05, 3.63) is 76.1 Å². The van der Waals surface area contributed by atoms with E-state index in [1.165, 1.54) is 23.5 Å². The Hall–Kier alpha value is -2.84. The van der Waals surface area contributed by atoms with E-state index in [0.29, 0.717) is 5.01 Å². The molecule has 0 aliphatic heterocycles. The molecule has 0 radical (unpaired) electrons. The maximum absolute atomic E-state index is 13.7. The second kappa shape index (κ2) is 6.51. The largest absolute Gasteiger partial charge is 0.235 e. The molecule has 5 heteroatoms. The molecule has 0 amide bonds. The van der Waals surface area contributed by atoms with Crippen molar-refractivity contribution in [2.45, 2.75) is 0 Å². The predicted octanol–water partition coefficient (Wildman–Crippen LogP) is 5.15. The summed E-state index contributed by atoms with van der Waals surface area (Å²) in [6.45, 7) is 0. The summed E-state index contributed by atoms with van der Waals surface area (Å²) in [5, 5.41) is 11.5. The molecule has 23 heavy (non-hydrogen) atoms. The van der Waals surface area contributed by atoms with Gasteiger partial charge in [-0.15, -0.1) is 11.3 Å². The molecule has 2 nitrogen and oxygen atoms in total. The first-order valence-electron chi connectivity index (χ1n) is 6.76. The lowest BCUT2D eigenvalue weighted by molar-refractivity contribution is 0.579. The first-order chi connectivity index (χ1) is 11.2. The van der Waals surface area contributed by atoms with Crippen molar-refractivity contribution in [1.82, 2.24) is 4.98 Å². The Morgan fingerprint density at radius 3 is 2.39 bits per heavy atom. The minimum Gasteiger partial charge on any atom is -0.235 e. The van der Waals surface area contributed by atoms with Crippen LogP contribution >= 0.6 is 11.3 Å². The van der Waals surface area contributed by atoms with Gasteiger partial charge >= 0.3 is 0 Å². The van der Waals surface area contributed by atoms with Gasteiger partial charge < -0.3 is 0 Å². The third-order valence-corrected chi connectivity index (χ3v) is 4.09. The Bertz CT molecular complexity index is 888. The topological polar surface area (TPSA) is 36.7 Å². The van der Waals surface area contributed by atoms with Gasteiger partial charge in [-0.1, -0.05) is 36.4 Å². The zero-order chi connectivity index (χ0) is 16.2. The summed E-state index contributed by atoms with van der Waals surface area (Å²) in [6, 6.07) is 15.1. The van der Waals surface area contributed by atoms with Crippen LogP contribution in [0.3, 0.4) is 0 Å². The summed E-state index contributed by atoms with van der Waals surface area (Å²) in [4.78, 5) is 4.39. The number of allylic oxidation sites excluding steroid dienone is 1. The van der Waals surface area contributed by atoms with E-state index in [4.69, 9.17) is 0 Å². The minimum atomic E-state index is -0.711. The summed E-state index contributed by atoms with van der Waals surface area (Å²) in [5.41, 5.74) is 1.53. The van der Waals surface area contributed by atoms with Gasteiger partial charge in [0.2, 0.25) is 0 Å². The van der Waals surface area contributed by atoms with Crippen LogP contribution in [0.25, 0.3) is 22.9 Å². The highest BCUT2D eigenvalue weighted by Crippen LogP contribution is 2.28. The third kappa shape index (κ3) is 3.17. The Kier molecular flexibility index (Phi) is 4.26. The average Bonchev–Trinajstić information content (AvgIpc) is 3.05. The molecule has 1 aromatic heterocycles. The quantitative estimate of drug-likeness (QED) is 0.625. The van der Waals surface area contributed by atoms with E-state index in [0.717, 1.165) is 23.4 Å². The second-order valence-corrected chi connectivity index (χ2v) is 5.57. The average molecular weight is 324 g/mol. The number of hydrogen-bond donors (Lipinski definition) is 0.